The van der Waals surface area contributed by atoms with Crippen molar-refractivity contribution < 1.29 is 9.90 Å². The molecule has 1 N–H and O–H groups in total. The number of hydrogen-bond donors (Lipinski definition) is 1. The molecule has 0 radical (unpaired) electrons. The van der Waals surface area contributed by atoms with E-state index in [-0.39, 0.29) is 6.42 Å². The highest BCUT2D eigenvalue weighted by molar-refractivity contribution is 5.66. The van der Waals surface area contributed by atoms with Crippen molar-refractivity contribution in [2.75, 3.05) is 13.1 Å². The quantitative estimate of drug-likeness (QED) is 0.629. The van der Waals surface area contributed by atoms with Gasteiger partial charge in [0.15, 0.2) is 0 Å². The SMILES string of the molecule is C#CCN(CCCC(=O)O)C(C)C. The number of carbonyl (C=O) groups is 1. The number of nitrogens with zero attached hydrogens (tertiary/aromatic N) is 1. The Morgan fingerprint density at radius 2 is 2.23 bits per heavy atom. The molecule has 0 aromatic rings. The van der Waals surface area contributed by atoms with E-state index >= 15 is 0 Å². The van der Waals surface area contributed by atoms with Crippen LogP contribution in [0.3, 0.4) is 0 Å². The van der Waals surface area contributed by atoms with Gasteiger partial charge in [-0.1, -0.05) is 5.92 Å². The van der Waals surface area contributed by atoms with Gasteiger partial charge in [0, 0.05) is 12.5 Å². The van der Waals surface area contributed by atoms with Gasteiger partial charge in [0.2, 0.25) is 0 Å². The molecule has 0 aromatic heterocycles. The van der Waals surface area contributed by atoms with Crippen LogP contribution in [0.25, 0.3) is 0 Å². The Morgan fingerprint density at radius 1 is 1.62 bits per heavy atom. The molecular weight excluding hydrogens is 166 g/mol. The molecule has 3 heteroatoms. The van der Waals surface area contributed by atoms with Gasteiger partial charge < -0.3 is 5.11 Å². The van der Waals surface area contributed by atoms with E-state index in [4.69, 9.17) is 11.5 Å². The second kappa shape index (κ2) is 6.50. The molecule has 0 atom stereocenters. The Kier molecular flexibility index (Phi) is 5.99. The zero-order chi connectivity index (χ0) is 10.3. The number of hydrogen-bond acceptors (Lipinski definition) is 2. The maximum absolute atomic E-state index is 10.2. The Balaban J connectivity index is 3.70. The molecule has 0 aliphatic carbocycles. The molecule has 0 amide bonds. The molecular formula is C10H17NO2. The molecule has 3 nitrogen and oxygen atoms in total. The van der Waals surface area contributed by atoms with Crippen molar-refractivity contribution in [3.05, 3.63) is 0 Å². The van der Waals surface area contributed by atoms with E-state index in [1.165, 1.54) is 0 Å². The van der Waals surface area contributed by atoms with Crippen molar-refractivity contribution in [3.8, 4) is 12.3 Å². The fourth-order valence-electron chi connectivity index (χ4n) is 1.07. The summed E-state index contributed by atoms with van der Waals surface area (Å²) < 4.78 is 0. The van der Waals surface area contributed by atoms with Crippen LogP contribution < -0.4 is 0 Å². The third kappa shape index (κ3) is 6.18. The Labute approximate surface area is 79.7 Å². The molecule has 0 aliphatic heterocycles. The fourth-order valence-corrected chi connectivity index (χ4v) is 1.07. The van der Waals surface area contributed by atoms with E-state index in [2.05, 4.69) is 24.7 Å². The second-order valence-corrected chi connectivity index (χ2v) is 3.27. The maximum atomic E-state index is 10.2. The minimum Gasteiger partial charge on any atom is -0.481 e. The predicted octanol–water partition coefficient (Wildman–Crippen LogP) is 1.19. The lowest BCUT2D eigenvalue weighted by Gasteiger charge is -2.23. The average molecular weight is 183 g/mol. The minimum absolute atomic E-state index is 0.216. The molecule has 0 unspecified atom stereocenters. The Morgan fingerprint density at radius 3 is 2.62 bits per heavy atom. The maximum Gasteiger partial charge on any atom is 0.303 e. The van der Waals surface area contributed by atoms with E-state index in [0.29, 0.717) is 19.0 Å². The molecule has 0 bridgehead atoms. The molecule has 0 heterocycles. The van der Waals surface area contributed by atoms with Gasteiger partial charge in [-0.3, -0.25) is 9.69 Å². The summed E-state index contributed by atoms with van der Waals surface area (Å²) in [5.41, 5.74) is 0. The molecule has 0 fully saturated rings. The lowest BCUT2D eigenvalue weighted by Crippen LogP contribution is -2.32. The van der Waals surface area contributed by atoms with E-state index in [0.717, 1.165) is 6.54 Å². The van der Waals surface area contributed by atoms with Crippen molar-refractivity contribution in [1.29, 1.82) is 0 Å². The summed E-state index contributed by atoms with van der Waals surface area (Å²) in [4.78, 5) is 12.3. The van der Waals surface area contributed by atoms with Crippen LogP contribution in [0.1, 0.15) is 26.7 Å². The van der Waals surface area contributed by atoms with Gasteiger partial charge in [-0.05, 0) is 26.8 Å². The normalized spacial score (nSPS) is 10.4. The zero-order valence-electron chi connectivity index (χ0n) is 8.29. The smallest absolute Gasteiger partial charge is 0.303 e. The summed E-state index contributed by atoms with van der Waals surface area (Å²) in [6.07, 6.45) is 6.07. The fraction of sp³-hybridized carbons (Fsp3) is 0.700. The van der Waals surface area contributed by atoms with Crippen LogP contribution in [0.2, 0.25) is 0 Å². The van der Waals surface area contributed by atoms with Crippen LogP contribution in [0, 0.1) is 12.3 Å². The van der Waals surface area contributed by atoms with Gasteiger partial charge in [0.05, 0.1) is 6.54 Å². The lowest BCUT2D eigenvalue weighted by molar-refractivity contribution is -0.137. The molecule has 13 heavy (non-hydrogen) atoms. The van der Waals surface area contributed by atoms with Gasteiger partial charge in [-0.25, -0.2) is 0 Å². The lowest BCUT2D eigenvalue weighted by atomic mass is 10.2. The summed E-state index contributed by atoms with van der Waals surface area (Å²) in [7, 11) is 0. The molecule has 0 saturated carbocycles. The summed E-state index contributed by atoms with van der Waals surface area (Å²) >= 11 is 0. The molecule has 0 aromatic carbocycles. The van der Waals surface area contributed by atoms with E-state index in [1.807, 2.05) is 0 Å². The highest BCUT2D eigenvalue weighted by atomic mass is 16.4. The molecule has 0 aliphatic rings. The van der Waals surface area contributed by atoms with Gasteiger partial charge in [0.1, 0.15) is 0 Å². The topological polar surface area (TPSA) is 40.5 Å². The second-order valence-electron chi connectivity index (χ2n) is 3.27. The van der Waals surface area contributed by atoms with E-state index in [1.54, 1.807) is 0 Å². The van der Waals surface area contributed by atoms with Crippen LogP contribution >= 0.6 is 0 Å². The van der Waals surface area contributed by atoms with Crippen molar-refractivity contribution in [2.45, 2.75) is 32.7 Å². The van der Waals surface area contributed by atoms with Crippen molar-refractivity contribution in [3.63, 3.8) is 0 Å². The van der Waals surface area contributed by atoms with E-state index in [9.17, 15) is 4.79 Å². The summed E-state index contributed by atoms with van der Waals surface area (Å²) in [6, 6.07) is 0.379. The van der Waals surface area contributed by atoms with Crippen LogP contribution in [0.15, 0.2) is 0 Å². The van der Waals surface area contributed by atoms with E-state index < -0.39 is 5.97 Å². The standard InChI is InChI=1S/C10H17NO2/c1-4-7-11(9(2)3)8-5-6-10(12)13/h1,9H,5-8H2,2-3H3,(H,12,13). The third-order valence-corrected chi connectivity index (χ3v) is 1.86. The summed E-state index contributed by atoms with van der Waals surface area (Å²) in [5.74, 6) is 1.82. The monoisotopic (exact) mass is 183 g/mol. The summed E-state index contributed by atoms with van der Waals surface area (Å²) in [5, 5.41) is 8.44. The van der Waals surface area contributed by atoms with Gasteiger partial charge >= 0.3 is 5.97 Å². The van der Waals surface area contributed by atoms with Gasteiger partial charge in [-0.2, -0.15) is 0 Å². The first kappa shape index (κ1) is 12.0. The van der Waals surface area contributed by atoms with Crippen molar-refractivity contribution >= 4 is 5.97 Å². The molecule has 0 saturated heterocycles. The molecule has 0 rings (SSSR count). The van der Waals surface area contributed by atoms with Crippen LogP contribution in [-0.4, -0.2) is 35.1 Å². The highest BCUT2D eigenvalue weighted by Gasteiger charge is 2.07. The van der Waals surface area contributed by atoms with Gasteiger partial charge in [-0.15, -0.1) is 6.42 Å². The zero-order valence-corrected chi connectivity index (χ0v) is 8.29. The number of aliphatic carboxylic acids is 1. The Bertz CT molecular complexity index is 194. The molecule has 74 valence electrons. The first-order valence-corrected chi connectivity index (χ1v) is 4.47. The summed E-state index contributed by atoms with van der Waals surface area (Å²) in [6.45, 7) is 5.46. The Hall–Kier alpha value is -1.01. The van der Waals surface area contributed by atoms with Crippen LogP contribution in [-0.2, 0) is 4.79 Å². The van der Waals surface area contributed by atoms with Crippen molar-refractivity contribution in [1.82, 2.24) is 4.90 Å². The predicted molar refractivity (Wildman–Crippen MR) is 52.4 cm³/mol. The average Bonchev–Trinajstić information content (AvgIpc) is 2.02. The number of rotatable bonds is 6. The minimum atomic E-state index is -0.746. The van der Waals surface area contributed by atoms with Gasteiger partial charge in [0.25, 0.3) is 0 Å². The third-order valence-electron chi connectivity index (χ3n) is 1.86. The largest absolute Gasteiger partial charge is 0.481 e. The number of carboxylic acids is 1. The number of terminal acetylenes is 1. The highest BCUT2D eigenvalue weighted by Crippen LogP contribution is 2.00. The number of carboxylic acid groups (broad SMARTS) is 1. The first-order valence-electron chi connectivity index (χ1n) is 4.47. The molecule has 0 spiro atoms. The van der Waals surface area contributed by atoms with Crippen LogP contribution in [0.5, 0.6) is 0 Å². The first-order chi connectivity index (χ1) is 6.07. The van der Waals surface area contributed by atoms with Crippen LogP contribution in [0.4, 0.5) is 0 Å². The van der Waals surface area contributed by atoms with Crippen molar-refractivity contribution in [2.24, 2.45) is 0 Å².